The largest absolute Gasteiger partial charge is 0.262 e. The fraction of sp³-hybridized carbons (Fsp3) is 1.00. The minimum absolute atomic E-state index is 0.221. The Morgan fingerprint density at radius 1 is 1.00 bits per heavy atom. The Balaban J connectivity index is 2.72. The third kappa shape index (κ3) is 3.23. The Morgan fingerprint density at radius 3 is 2.25 bits per heavy atom. The fourth-order valence-electron chi connectivity index (χ4n) is 1.49. The van der Waals surface area contributed by atoms with Gasteiger partial charge in [-0.15, -0.1) is 0 Å². The molecule has 0 unspecified atom stereocenters. The van der Waals surface area contributed by atoms with Crippen LogP contribution in [0.2, 0.25) is 0 Å². The number of rotatable bonds is 0. The molecule has 0 radical (unpaired) electrons. The summed E-state index contributed by atoms with van der Waals surface area (Å²) in [7, 11) is 1.29. The van der Waals surface area contributed by atoms with Crippen molar-refractivity contribution in [2.45, 2.75) is 64.1 Å². The van der Waals surface area contributed by atoms with Gasteiger partial charge in [-0.05, 0) is 26.7 Å². The van der Waals surface area contributed by atoms with Gasteiger partial charge in [0.2, 0.25) is 0 Å². The average Bonchev–Trinajstić information content (AvgIpc) is 1.94. The molecule has 1 rings (SSSR count). The molecule has 0 aliphatic carbocycles. The first-order valence-corrected chi connectivity index (χ1v) is 5.70. The lowest BCUT2D eigenvalue weighted by Crippen LogP contribution is -2.20. The van der Waals surface area contributed by atoms with Gasteiger partial charge in [-0.2, -0.15) is 0 Å². The van der Waals surface area contributed by atoms with E-state index in [2.05, 4.69) is 27.7 Å². The number of nitrogens with zero attached hydrogens (tertiary/aromatic N) is 1. The minimum Gasteiger partial charge on any atom is -0.262 e. The van der Waals surface area contributed by atoms with Crippen molar-refractivity contribution in [3.8, 4) is 0 Å². The summed E-state index contributed by atoms with van der Waals surface area (Å²) in [6, 6.07) is 0. The highest BCUT2D eigenvalue weighted by atomic mass is 31.1. The summed E-state index contributed by atoms with van der Waals surface area (Å²) in [4.78, 5) is 0. The molecule has 12 heavy (non-hydrogen) atoms. The molecule has 0 fully saturated rings. The summed E-state index contributed by atoms with van der Waals surface area (Å²) in [5.74, 6) is 0. The van der Waals surface area contributed by atoms with E-state index in [9.17, 15) is 0 Å². The van der Waals surface area contributed by atoms with Crippen LogP contribution < -0.4 is 0 Å². The first-order chi connectivity index (χ1) is 5.41. The van der Waals surface area contributed by atoms with Crippen LogP contribution in [0.15, 0.2) is 4.74 Å². The number of hydrogen-bond acceptors (Lipinski definition) is 1. The molecule has 0 atom stereocenters. The molecule has 0 amide bonds. The summed E-state index contributed by atoms with van der Waals surface area (Å²) >= 11 is 0. The molecular weight excluding hydrogens is 165 g/mol. The van der Waals surface area contributed by atoms with E-state index >= 15 is 0 Å². The van der Waals surface area contributed by atoms with E-state index in [1.54, 1.807) is 0 Å². The van der Waals surface area contributed by atoms with Gasteiger partial charge in [-0.3, -0.25) is 4.74 Å². The van der Waals surface area contributed by atoms with Gasteiger partial charge >= 0.3 is 0 Å². The Morgan fingerprint density at radius 2 is 1.58 bits per heavy atom. The molecule has 1 heterocycles. The van der Waals surface area contributed by atoms with Gasteiger partial charge in [0.15, 0.2) is 0 Å². The summed E-state index contributed by atoms with van der Waals surface area (Å²) in [6.07, 6.45) is 5.30. The molecule has 0 spiro atoms. The van der Waals surface area contributed by atoms with E-state index in [0.29, 0.717) is 5.16 Å². The number of hydrogen-bond donors (Lipinski definition) is 0. The molecule has 0 N–H and O–H groups in total. The van der Waals surface area contributed by atoms with Gasteiger partial charge in [0.25, 0.3) is 0 Å². The monoisotopic (exact) mass is 185 g/mol. The lowest BCUT2D eigenvalue weighted by molar-refractivity contribution is 0.430. The standard InChI is InChI=1S/C10H20NP/c1-9(2)7-5-6-8-10(3,4)12-11-9/h5-8H2,1-4H3. The lowest BCUT2D eigenvalue weighted by atomic mass is 9.96. The SMILES string of the molecule is CC1(C)CCCCC(C)(C)/P=N\1. The highest BCUT2D eigenvalue weighted by Crippen LogP contribution is 2.37. The third-order valence-corrected chi connectivity index (χ3v) is 3.83. The van der Waals surface area contributed by atoms with Crippen molar-refractivity contribution in [3.05, 3.63) is 0 Å². The maximum absolute atomic E-state index is 4.74. The predicted molar refractivity (Wildman–Crippen MR) is 56.0 cm³/mol. The summed E-state index contributed by atoms with van der Waals surface area (Å²) in [6.45, 7) is 9.14. The zero-order chi connectivity index (χ0) is 9.24. The van der Waals surface area contributed by atoms with Crippen molar-refractivity contribution in [2.75, 3.05) is 0 Å². The Kier molecular flexibility index (Phi) is 2.93. The zero-order valence-electron chi connectivity index (χ0n) is 8.72. The topological polar surface area (TPSA) is 12.4 Å². The molecule has 0 bridgehead atoms. The molecule has 2 heteroatoms. The fourth-order valence-corrected chi connectivity index (χ4v) is 2.39. The van der Waals surface area contributed by atoms with Gasteiger partial charge in [0, 0.05) is 13.5 Å². The highest BCUT2D eigenvalue weighted by molar-refractivity contribution is 7.28. The van der Waals surface area contributed by atoms with Crippen LogP contribution in [0, 0.1) is 0 Å². The molecule has 0 saturated carbocycles. The molecule has 1 nitrogen and oxygen atoms in total. The van der Waals surface area contributed by atoms with Crippen LogP contribution in [0.4, 0.5) is 0 Å². The third-order valence-electron chi connectivity index (χ3n) is 2.42. The maximum atomic E-state index is 4.74. The zero-order valence-corrected chi connectivity index (χ0v) is 9.62. The Hall–Kier alpha value is 0.100. The lowest BCUT2D eigenvalue weighted by Gasteiger charge is -2.27. The van der Waals surface area contributed by atoms with Crippen LogP contribution in [0.5, 0.6) is 0 Å². The predicted octanol–water partition coefficient (Wildman–Crippen LogP) is 4.25. The van der Waals surface area contributed by atoms with Crippen molar-refractivity contribution in [1.29, 1.82) is 0 Å². The smallest absolute Gasteiger partial charge is 0.0595 e. The van der Waals surface area contributed by atoms with Crippen LogP contribution in [-0.2, 0) is 0 Å². The van der Waals surface area contributed by atoms with E-state index in [4.69, 9.17) is 4.74 Å². The first kappa shape index (κ1) is 10.2. The van der Waals surface area contributed by atoms with Crippen LogP contribution in [0.1, 0.15) is 53.4 Å². The summed E-state index contributed by atoms with van der Waals surface area (Å²) in [5.41, 5.74) is 0.221. The highest BCUT2D eigenvalue weighted by Gasteiger charge is 2.23. The minimum atomic E-state index is 0.221. The van der Waals surface area contributed by atoms with Gasteiger partial charge in [-0.25, -0.2) is 0 Å². The molecule has 1 aliphatic heterocycles. The molecule has 1 aliphatic rings. The van der Waals surface area contributed by atoms with Crippen molar-refractivity contribution < 1.29 is 0 Å². The van der Waals surface area contributed by atoms with Crippen molar-refractivity contribution in [2.24, 2.45) is 4.74 Å². The molecule has 0 aromatic rings. The van der Waals surface area contributed by atoms with Gasteiger partial charge in [-0.1, -0.05) is 26.7 Å². The first-order valence-electron chi connectivity index (χ1n) is 4.85. The molecule has 0 saturated heterocycles. The van der Waals surface area contributed by atoms with Crippen molar-refractivity contribution in [3.63, 3.8) is 0 Å². The van der Waals surface area contributed by atoms with Gasteiger partial charge in [0.05, 0.1) is 5.54 Å². The average molecular weight is 185 g/mol. The van der Waals surface area contributed by atoms with E-state index in [1.807, 2.05) is 0 Å². The van der Waals surface area contributed by atoms with E-state index in [-0.39, 0.29) is 5.54 Å². The van der Waals surface area contributed by atoms with Crippen molar-refractivity contribution >= 4 is 8.37 Å². The van der Waals surface area contributed by atoms with Crippen molar-refractivity contribution in [1.82, 2.24) is 0 Å². The second-order valence-electron chi connectivity index (χ2n) is 5.03. The van der Waals surface area contributed by atoms with E-state index in [1.165, 1.54) is 34.1 Å². The Bertz CT molecular complexity index is 162. The van der Waals surface area contributed by atoms with Crippen LogP contribution in [0.3, 0.4) is 0 Å². The van der Waals surface area contributed by atoms with Gasteiger partial charge in [0.1, 0.15) is 0 Å². The second kappa shape index (κ2) is 3.46. The maximum Gasteiger partial charge on any atom is 0.0595 e. The Labute approximate surface area is 77.8 Å². The molecule has 0 aromatic carbocycles. The van der Waals surface area contributed by atoms with E-state index in [0.717, 1.165) is 0 Å². The van der Waals surface area contributed by atoms with Gasteiger partial charge < -0.3 is 0 Å². The van der Waals surface area contributed by atoms with Crippen LogP contribution >= 0.6 is 8.37 Å². The van der Waals surface area contributed by atoms with Crippen LogP contribution in [-0.4, -0.2) is 10.7 Å². The molecule has 0 aromatic heterocycles. The quantitative estimate of drug-likeness (QED) is 0.500. The molecule has 70 valence electrons. The van der Waals surface area contributed by atoms with Crippen LogP contribution in [0.25, 0.3) is 0 Å². The summed E-state index contributed by atoms with van der Waals surface area (Å²) < 4.78 is 4.74. The van der Waals surface area contributed by atoms with E-state index < -0.39 is 0 Å². The second-order valence-corrected chi connectivity index (χ2v) is 6.64. The summed E-state index contributed by atoms with van der Waals surface area (Å²) in [5, 5.41) is 0.414. The molecular formula is C10H20NP. The normalized spacial score (nSPS) is 30.3.